The Labute approximate surface area is 110 Å². The lowest BCUT2D eigenvalue weighted by Crippen LogP contribution is -2.29. The Kier molecular flexibility index (Phi) is 2.63. The van der Waals surface area contributed by atoms with E-state index in [1.165, 1.54) is 0 Å². The van der Waals surface area contributed by atoms with Crippen LogP contribution in [0.15, 0.2) is 30.5 Å². The number of aromatic nitrogens is 2. The van der Waals surface area contributed by atoms with E-state index in [-0.39, 0.29) is 6.03 Å². The van der Waals surface area contributed by atoms with Gasteiger partial charge in [0.1, 0.15) is 5.82 Å². The summed E-state index contributed by atoms with van der Waals surface area (Å²) < 4.78 is 0. The number of carbonyl (C=O) groups is 1. The first-order valence-electron chi connectivity index (χ1n) is 6.09. The molecule has 6 nitrogen and oxygen atoms in total. The van der Waals surface area contributed by atoms with Crippen LogP contribution >= 0.6 is 0 Å². The Balaban J connectivity index is 1.97. The summed E-state index contributed by atoms with van der Waals surface area (Å²) in [6.07, 6.45) is 1.69. The monoisotopic (exact) mass is 257 g/mol. The highest BCUT2D eigenvalue weighted by atomic mass is 16.2. The first kappa shape index (κ1) is 11.6. The number of nitrogen functional groups attached to an aromatic ring is 1. The Morgan fingerprint density at radius 2 is 2.21 bits per heavy atom. The minimum Gasteiger partial charge on any atom is -0.384 e. The van der Waals surface area contributed by atoms with Crippen molar-refractivity contribution in [3.8, 4) is 11.1 Å². The Hall–Kier alpha value is -2.50. The van der Waals surface area contributed by atoms with Crippen LogP contribution in [0.25, 0.3) is 11.1 Å². The van der Waals surface area contributed by atoms with E-state index >= 15 is 0 Å². The number of benzene rings is 1. The van der Waals surface area contributed by atoms with Crippen LogP contribution in [0, 0.1) is 0 Å². The van der Waals surface area contributed by atoms with Gasteiger partial charge < -0.3 is 10.6 Å². The fourth-order valence-corrected chi connectivity index (χ4v) is 2.25. The molecule has 19 heavy (non-hydrogen) atoms. The van der Waals surface area contributed by atoms with E-state index in [1.807, 2.05) is 24.3 Å². The quantitative estimate of drug-likeness (QED) is 0.856. The van der Waals surface area contributed by atoms with Crippen LogP contribution in [-0.2, 0) is 0 Å². The van der Waals surface area contributed by atoms with Crippen molar-refractivity contribution in [3.63, 3.8) is 0 Å². The number of urea groups is 1. The molecule has 1 aromatic carbocycles. The largest absolute Gasteiger partial charge is 0.384 e. The zero-order valence-corrected chi connectivity index (χ0v) is 10.6. The van der Waals surface area contributed by atoms with Gasteiger partial charge in [0.05, 0.1) is 6.20 Å². The summed E-state index contributed by atoms with van der Waals surface area (Å²) >= 11 is 0. The van der Waals surface area contributed by atoms with Crippen LogP contribution in [0.2, 0.25) is 0 Å². The van der Waals surface area contributed by atoms with Crippen LogP contribution in [0.4, 0.5) is 16.3 Å². The molecule has 3 N–H and O–H groups in total. The number of nitrogens with zero attached hydrogens (tertiary/aromatic N) is 3. The Morgan fingerprint density at radius 1 is 1.37 bits per heavy atom. The van der Waals surface area contributed by atoms with Gasteiger partial charge in [0.2, 0.25) is 0 Å². The molecular weight excluding hydrogens is 242 g/mol. The number of hydrogen-bond donors (Lipinski definition) is 2. The van der Waals surface area contributed by atoms with Gasteiger partial charge in [-0.05, 0) is 17.7 Å². The van der Waals surface area contributed by atoms with Gasteiger partial charge in [-0.25, -0.2) is 4.79 Å². The highest BCUT2D eigenvalue weighted by Gasteiger charge is 2.26. The average molecular weight is 257 g/mol. The number of hydrogen-bond acceptors (Lipinski definition) is 3. The molecule has 1 saturated heterocycles. The third-order valence-electron chi connectivity index (χ3n) is 3.35. The molecule has 1 aliphatic heterocycles. The molecule has 2 heterocycles. The van der Waals surface area contributed by atoms with Crippen molar-refractivity contribution >= 4 is 17.5 Å². The smallest absolute Gasteiger partial charge is 0.324 e. The lowest BCUT2D eigenvalue weighted by atomic mass is 10.1. The van der Waals surface area contributed by atoms with Gasteiger partial charge in [0.25, 0.3) is 0 Å². The van der Waals surface area contributed by atoms with Crippen molar-refractivity contribution in [3.05, 3.63) is 30.5 Å². The number of H-pyrrole nitrogens is 1. The van der Waals surface area contributed by atoms with E-state index in [0.29, 0.717) is 12.4 Å². The molecule has 0 bridgehead atoms. The molecule has 1 fully saturated rings. The SMILES string of the molecule is CN1CCN(c2cccc(-c3cn[nH]c3N)c2)C1=O. The van der Waals surface area contributed by atoms with Gasteiger partial charge in [-0.1, -0.05) is 12.1 Å². The van der Waals surface area contributed by atoms with Crippen LogP contribution in [0.5, 0.6) is 0 Å². The number of rotatable bonds is 2. The van der Waals surface area contributed by atoms with Gasteiger partial charge in [0, 0.05) is 31.4 Å². The zero-order valence-electron chi connectivity index (χ0n) is 10.6. The second kappa shape index (κ2) is 4.31. The van der Waals surface area contributed by atoms with Crippen LogP contribution in [0.1, 0.15) is 0 Å². The second-order valence-electron chi connectivity index (χ2n) is 4.60. The molecule has 1 aliphatic rings. The summed E-state index contributed by atoms with van der Waals surface area (Å²) in [5.74, 6) is 0.530. The molecular formula is C13H15N5O. The summed E-state index contributed by atoms with van der Waals surface area (Å²) in [6, 6.07) is 7.78. The molecule has 2 aromatic rings. The predicted molar refractivity (Wildman–Crippen MR) is 73.8 cm³/mol. The Morgan fingerprint density at radius 3 is 2.84 bits per heavy atom. The van der Waals surface area contributed by atoms with E-state index in [1.54, 1.807) is 23.0 Å². The summed E-state index contributed by atoms with van der Waals surface area (Å²) in [5, 5.41) is 6.62. The highest BCUT2D eigenvalue weighted by molar-refractivity contribution is 5.94. The molecule has 0 spiro atoms. The average Bonchev–Trinajstić information content (AvgIpc) is 2.98. The summed E-state index contributed by atoms with van der Waals surface area (Å²) in [5.41, 5.74) is 8.50. The fourth-order valence-electron chi connectivity index (χ4n) is 2.25. The molecule has 1 aromatic heterocycles. The highest BCUT2D eigenvalue weighted by Crippen LogP contribution is 2.28. The predicted octanol–water partition coefficient (Wildman–Crippen LogP) is 1.53. The van der Waals surface area contributed by atoms with Crippen LogP contribution < -0.4 is 10.6 Å². The number of amides is 2. The van der Waals surface area contributed by atoms with Crippen LogP contribution in [-0.4, -0.2) is 41.3 Å². The number of carbonyl (C=O) groups excluding carboxylic acids is 1. The number of likely N-dealkylation sites (N-methyl/N-ethyl adjacent to an activating group) is 1. The summed E-state index contributed by atoms with van der Waals surface area (Å²) in [6.45, 7) is 1.45. The first-order valence-corrected chi connectivity index (χ1v) is 6.09. The van der Waals surface area contributed by atoms with Gasteiger partial charge in [-0.2, -0.15) is 5.10 Å². The van der Waals surface area contributed by atoms with Crippen molar-refractivity contribution < 1.29 is 4.79 Å². The third kappa shape index (κ3) is 1.91. The summed E-state index contributed by atoms with van der Waals surface area (Å²) in [4.78, 5) is 15.5. The minimum absolute atomic E-state index is 0.0253. The molecule has 0 radical (unpaired) electrons. The molecule has 0 atom stereocenters. The molecule has 0 unspecified atom stereocenters. The van der Waals surface area contributed by atoms with Crippen molar-refractivity contribution in [2.75, 3.05) is 30.8 Å². The minimum atomic E-state index is 0.0253. The first-order chi connectivity index (χ1) is 9.16. The third-order valence-corrected chi connectivity index (χ3v) is 3.35. The number of aromatic amines is 1. The van der Waals surface area contributed by atoms with Gasteiger partial charge >= 0.3 is 6.03 Å². The molecule has 6 heteroatoms. The molecule has 0 aliphatic carbocycles. The van der Waals surface area contributed by atoms with Gasteiger partial charge in [-0.3, -0.25) is 10.00 Å². The number of nitrogens with two attached hydrogens (primary N) is 1. The van der Waals surface area contributed by atoms with Crippen molar-refractivity contribution in [2.45, 2.75) is 0 Å². The van der Waals surface area contributed by atoms with Gasteiger partial charge in [-0.15, -0.1) is 0 Å². The lowest BCUT2D eigenvalue weighted by Gasteiger charge is -2.16. The van der Waals surface area contributed by atoms with Gasteiger partial charge in [0.15, 0.2) is 0 Å². The lowest BCUT2D eigenvalue weighted by molar-refractivity contribution is 0.229. The molecule has 98 valence electrons. The van der Waals surface area contributed by atoms with E-state index in [4.69, 9.17) is 5.73 Å². The normalized spacial score (nSPS) is 15.3. The number of nitrogens with one attached hydrogen (secondary N) is 1. The topological polar surface area (TPSA) is 78.2 Å². The van der Waals surface area contributed by atoms with Crippen molar-refractivity contribution in [1.29, 1.82) is 0 Å². The van der Waals surface area contributed by atoms with Crippen LogP contribution in [0.3, 0.4) is 0 Å². The maximum atomic E-state index is 12.0. The zero-order chi connectivity index (χ0) is 13.4. The summed E-state index contributed by atoms with van der Waals surface area (Å²) in [7, 11) is 1.81. The van der Waals surface area contributed by atoms with Crippen molar-refractivity contribution in [1.82, 2.24) is 15.1 Å². The fraction of sp³-hybridized carbons (Fsp3) is 0.231. The second-order valence-corrected chi connectivity index (χ2v) is 4.60. The standard InChI is InChI=1S/C13H15N5O/c1-17-5-6-18(13(17)19)10-4-2-3-9(7-10)11-8-15-16-12(11)14/h2-4,7-8H,5-6H2,1H3,(H3,14,15,16). The van der Waals surface area contributed by atoms with E-state index in [0.717, 1.165) is 23.4 Å². The van der Waals surface area contributed by atoms with E-state index in [2.05, 4.69) is 10.2 Å². The molecule has 2 amide bonds. The molecule has 3 rings (SSSR count). The van der Waals surface area contributed by atoms with Crippen molar-refractivity contribution in [2.24, 2.45) is 0 Å². The Bertz CT molecular complexity index is 621. The van der Waals surface area contributed by atoms with E-state index in [9.17, 15) is 4.79 Å². The number of anilines is 2. The maximum Gasteiger partial charge on any atom is 0.324 e. The molecule has 0 saturated carbocycles. The maximum absolute atomic E-state index is 12.0. The van der Waals surface area contributed by atoms with E-state index < -0.39 is 0 Å².